The summed E-state index contributed by atoms with van der Waals surface area (Å²) in [5.74, 6) is -0.636. The summed E-state index contributed by atoms with van der Waals surface area (Å²) in [6.45, 7) is 0. The van der Waals surface area contributed by atoms with Crippen LogP contribution >= 0.6 is 11.8 Å². The van der Waals surface area contributed by atoms with E-state index in [0.717, 1.165) is 22.9 Å². The van der Waals surface area contributed by atoms with E-state index in [0.29, 0.717) is 11.0 Å². The van der Waals surface area contributed by atoms with Crippen LogP contribution in [0, 0.1) is 0 Å². The molecule has 5 nitrogen and oxygen atoms in total. The minimum absolute atomic E-state index is 0.0792. The molecule has 1 aromatic heterocycles. The molecule has 1 aromatic carbocycles. The number of hydrogen-bond acceptors (Lipinski definition) is 5. The molecule has 0 radical (unpaired) electrons. The number of carboxylic acid groups (broad SMARTS) is 1. The maximum absolute atomic E-state index is 10.4. The summed E-state index contributed by atoms with van der Waals surface area (Å²) < 4.78 is 0. The van der Waals surface area contributed by atoms with Crippen LogP contribution in [-0.2, 0) is 4.79 Å². The number of carbonyl (C=O) groups is 1. The maximum Gasteiger partial charge on any atom is 0.313 e. The lowest BCUT2D eigenvalue weighted by Gasteiger charge is -2.05. The monoisotopic (exact) mass is 261 g/mol. The second-order valence-electron chi connectivity index (χ2n) is 3.50. The number of anilines is 1. The minimum Gasteiger partial charge on any atom is -0.481 e. The van der Waals surface area contributed by atoms with Crippen molar-refractivity contribution in [2.24, 2.45) is 0 Å². The van der Waals surface area contributed by atoms with Crippen molar-refractivity contribution < 1.29 is 9.90 Å². The molecule has 0 aliphatic heterocycles. The van der Waals surface area contributed by atoms with Crippen LogP contribution in [0.15, 0.2) is 41.7 Å². The average molecular weight is 261 g/mol. The normalized spacial score (nSPS) is 10.2. The van der Waals surface area contributed by atoms with Crippen LogP contribution in [0.2, 0.25) is 0 Å². The molecule has 1 heterocycles. The van der Waals surface area contributed by atoms with Gasteiger partial charge in [0.25, 0.3) is 0 Å². The van der Waals surface area contributed by atoms with Crippen molar-refractivity contribution in [2.75, 3.05) is 11.5 Å². The first-order valence-electron chi connectivity index (χ1n) is 5.19. The Balaban J connectivity index is 2.23. The zero-order valence-corrected chi connectivity index (χ0v) is 10.2. The molecule has 0 fully saturated rings. The van der Waals surface area contributed by atoms with Gasteiger partial charge in [0.05, 0.1) is 5.75 Å². The third-order valence-corrected chi connectivity index (χ3v) is 3.05. The second kappa shape index (κ2) is 5.50. The van der Waals surface area contributed by atoms with Gasteiger partial charge in [0.15, 0.2) is 5.16 Å². The van der Waals surface area contributed by atoms with Crippen molar-refractivity contribution in [3.63, 3.8) is 0 Å². The van der Waals surface area contributed by atoms with Gasteiger partial charge in [-0.05, 0) is 5.56 Å². The van der Waals surface area contributed by atoms with Gasteiger partial charge in [0, 0.05) is 11.8 Å². The Hall–Kier alpha value is -2.08. The number of carboxylic acids is 1. The first-order chi connectivity index (χ1) is 8.66. The number of nitrogen functional groups attached to an aromatic ring is 1. The van der Waals surface area contributed by atoms with Gasteiger partial charge < -0.3 is 10.8 Å². The molecule has 18 heavy (non-hydrogen) atoms. The van der Waals surface area contributed by atoms with Crippen molar-refractivity contribution in [3.05, 3.63) is 36.5 Å². The van der Waals surface area contributed by atoms with Gasteiger partial charge in [-0.3, -0.25) is 4.79 Å². The molecule has 0 spiro atoms. The number of thioether (sulfide) groups is 1. The number of nitrogens with two attached hydrogens (primary N) is 1. The van der Waals surface area contributed by atoms with Gasteiger partial charge in [0.1, 0.15) is 5.82 Å². The fraction of sp³-hybridized carbons (Fsp3) is 0.0833. The standard InChI is InChI=1S/C12H11N3O2S/c13-11-9(8-4-2-1-3-5-8)6-14-12(15-11)18-7-10(16)17/h1-6H,7H2,(H,16,17)(H2,13,14,15). The van der Waals surface area contributed by atoms with E-state index < -0.39 is 5.97 Å². The highest BCUT2D eigenvalue weighted by Gasteiger charge is 2.08. The topological polar surface area (TPSA) is 89.1 Å². The smallest absolute Gasteiger partial charge is 0.313 e. The number of aliphatic carboxylic acids is 1. The van der Waals surface area contributed by atoms with Crippen LogP contribution in [0.1, 0.15) is 0 Å². The Bertz CT molecular complexity index is 561. The highest BCUT2D eigenvalue weighted by Crippen LogP contribution is 2.25. The number of benzene rings is 1. The molecule has 0 unspecified atom stereocenters. The molecule has 0 aliphatic carbocycles. The lowest BCUT2D eigenvalue weighted by atomic mass is 10.1. The molecule has 0 amide bonds. The molecule has 0 saturated carbocycles. The SMILES string of the molecule is Nc1nc(SCC(=O)O)ncc1-c1ccccc1. The molecule has 0 bridgehead atoms. The molecule has 2 rings (SSSR count). The predicted octanol–water partition coefficient (Wildman–Crippen LogP) is 1.90. The Morgan fingerprint density at radius 1 is 1.33 bits per heavy atom. The molecule has 92 valence electrons. The van der Waals surface area contributed by atoms with Gasteiger partial charge in [-0.25, -0.2) is 9.97 Å². The Labute approximate surface area is 108 Å². The molecule has 0 atom stereocenters. The molecule has 2 aromatic rings. The van der Waals surface area contributed by atoms with Crippen molar-refractivity contribution in [3.8, 4) is 11.1 Å². The van der Waals surface area contributed by atoms with E-state index in [2.05, 4.69) is 9.97 Å². The fourth-order valence-corrected chi connectivity index (χ4v) is 1.96. The lowest BCUT2D eigenvalue weighted by Crippen LogP contribution is -2.02. The highest BCUT2D eigenvalue weighted by molar-refractivity contribution is 7.99. The van der Waals surface area contributed by atoms with E-state index in [1.54, 1.807) is 6.20 Å². The summed E-state index contributed by atoms with van der Waals surface area (Å²) in [4.78, 5) is 18.6. The lowest BCUT2D eigenvalue weighted by molar-refractivity contribution is -0.133. The van der Waals surface area contributed by atoms with Crippen LogP contribution in [-0.4, -0.2) is 26.8 Å². The Morgan fingerprint density at radius 3 is 2.67 bits per heavy atom. The third-order valence-electron chi connectivity index (χ3n) is 2.21. The van der Waals surface area contributed by atoms with E-state index in [1.165, 1.54) is 0 Å². The maximum atomic E-state index is 10.4. The quantitative estimate of drug-likeness (QED) is 0.645. The van der Waals surface area contributed by atoms with Gasteiger partial charge in [-0.2, -0.15) is 0 Å². The second-order valence-corrected chi connectivity index (χ2v) is 4.44. The van der Waals surface area contributed by atoms with Crippen LogP contribution < -0.4 is 5.73 Å². The average Bonchev–Trinajstić information content (AvgIpc) is 2.37. The van der Waals surface area contributed by atoms with Gasteiger partial charge in [-0.15, -0.1) is 0 Å². The summed E-state index contributed by atoms with van der Waals surface area (Å²) in [6.07, 6.45) is 1.61. The Morgan fingerprint density at radius 2 is 2.06 bits per heavy atom. The third kappa shape index (κ3) is 2.98. The van der Waals surface area contributed by atoms with Crippen molar-refractivity contribution in [2.45, 2.75) is 5.16 Å². The number of nitrogens with zero attached hydrogens (tertiary/aromatic N) is 2. The van der Waals surface area contributed by atoms with Crippen LogP contribution in [0.4, 0.5) is 5.82 Å². The van der Waals surface area contributed by atoms with Crippen molar-refractivity contribution in [1.82, 2.24) is 9.97 Å². The van der Waals surface area contributed by atoms with Crippen molar-refractivity contribution >= 4 is 23.5 Å². The zero-order valence-electron chi connectivity index (χ0n) is 9.41. The van der Waals surface area contributed by atoms with E-state index in [-0.39, 0.29) is 5.75 Å². The molecule has 0 saturated heterocycles. The summed E-state index contributed by atoms with van der Waals surface area (Å²) in [7, 11) is 0. The minimum atomic E-state index is -0.908. The number of hydrogen-bond donors (Lipinski definition) is 2. The van der Waals surface area contributed by atoms with Gasteiger partial charge in [0.2, 0.25) is 0 Å². The Kier molecular flexibility index (Phi) is 3.78. The molecular formula is C12H11N3O2S. The van der Waals surface area contributed by atoms with E-state index >= 15 is 0 Å². The van der Waals surface area contributed by atoms with E-state index in [1.807, 2.05) is 30.3 Å². The summed E-state index contributed by atoms with van der Waals surface area (Å²) >= 11 is 1.04. The summed E-state index contributed by atoms with van der Waals surface area (Å²) in [5, 5.41) is 8.94. The van der Waals surface area contributed by atoms with Crippen LogP contribution in [0.25, 0.3) is 11.1 Å². The largest absolute Gasteiger partial charge is 0.481 e. The van der Waals surface area contributed by atoms with E-state index in [4.69, 9.17) is 10.8 Å². The van der Waals surface area contributed by atoms with Gasteiger partial charge >= 0.3 is 5.97 Å². The van der Waals surface area contributed by atoms with Crippen LogP contribution in [0.5, 0.6) is 0 Å². The fourth-order valence-electron chi connectivity index (χ4n) is 1.41. The summed E-state index contributed by atoms with van der Waals surface area (Å²) in [6, 6.07) is 9.56. The van der Waals surface area contributed by atoms with E-state index in [9.17, 15) is 4.79 Å². The first kappa shape index (κ1) is 12.4. The zero-order chi connectivity index (χ0) is 13.0. The number of rotatable bonds is 4. The van der Waals surface area contributed by atoms with Crippen LogP contribution in [0.3, 0.4) is 0 Å². The molecule has 3 N–H and O–H groups in total. The number of aromatic nitrogens is 2. The molecule has 6 heteroatoms. The van der Waals surface area contributed by atoms with Gasteiger partial charge in [-0.1, -0.05) is 42.1 Å². The molecular weight excluding hydrogens is 250 g/mol. The highest BCUT2D eigenvalue weighted by atomic mass is 32.2. The summed E-state index contributed by atoms with van der Waals surface area (Å²) in [5.41, 5.74) is 7.53. The predicted molar refractivity (Wildman–Crippen MR) is 70.2 cm³/mol. The molecule has 0 aliphatic rings. The first-order valence-corrected chi connectivity index (χ1v) is 6.18. The van der Waals surface area contributed by atoms with Crippen molar-refractivity contribution in [1.29, 1.82) is 0 Å².